The van der Waals surface area contributed by atoms with Crippen LogP contribution in [0.1, 0.15) is 32.9 Å². The smallest absolute Gasteiger partial charge is 0.384 e. The number of hydrogen-bond acceptors (Lipinski definition) is 7. The predicted octanol–water partition coefficient (Wildman–Crippen LogP) is 4.88. The second-order valence-corrected chi connectivity index (χ2v) is 10.3. The van der Waals surface area contributed by atoms with E-state index >= 15 is 0 Å². The molecule has 1 fully saturated rings. The van der Waals surface area contributed by atoms with Crippen molar-refractivity contribution in [3.05, 3.63) is 98.9 Å². The van der Waals surface area contributed by atoms with Gasteiger partial charge in [0, 0.05) is 56.8 Å². The van der Waals surface area contributed by atoms with Crippen molar-refractivity contribution >= 4 is 59.0 Å². The number of carbonyl (C=O) groups excluding carboxylic acids is 1. The van der Waals surface area contributed by atoms with E-state index in [1.54, 1.807) is 22.0 Å². The molecule has 0 aliphatic carbocycles. The van der Waals surface area contributed by atoms with Crippen molar-refractivity contribution in [2.75, 3.05) is 31.1 Å². The van der Waals surface area contributed by atoms with Crippen LogP contribution >= 0.6 is 24.8 Å². The minimum Gasteiger partial charge on any atom is -0.384 e. The molecule has 1 aliphatic rings. The molecule has 0 radical (unpaired) electrons. The minimum absolute atomic E-state index is 0. The summed E-state index contributed by atoms with van der Waals surface area (Å²) in [5, 5.41) is 20.7. The van der Waals surface area contributed by atoms with Crippen molar-refractivity contribution in [2.24, 2.45) is 12.8 Å². The second kappa shape index (κ2) is 14.1. The van der Waals surface area contributed by atoms with Gasteiger partial charge < -0.3 is 15.2 Å². The van der Waals surface area contributed by atoms with Gasteiger partial charge in [0.2, 0.25) is 0 Å². The number of nitro benzene ring substituents is 1. The average molecular weight is 668 g/mol. The van der Waals surface area contributed by atoms with Crippen LogP contribution in [0.4, 0.5) is 24.5 Å². The number of benzene rings is 3. The van der Waals surface area contributed by atoms with E-state index in [1.165, 1.54) is 0 Å². The van der Waals surface area contributed by atoms with Crippen LogP contribution < -0.4 is 16.1 Å². The topological polar surface area (TPSA) is 146 Å². The molecular weight excluding hydrogens is 636 g/mol. The SMILES string of the molecule is Cl.Cl.Cn1c(CCc2ccc(C(=N)N)cc2)nc2cc(C(=O)NN3CCN(c4ccc(C(F)(F)F)cc4[N+](=O)[O-])CC3)ccc21. The van der Waals surface area contributed by atoms with Gasteiger partial charge in [0.05, 0.1) is 21.5 Å². The summed E-state index contributed by atoms with van der Waals surface area (Å²) < 4.78 is 41.2. The number of amides is 1. The first-order valence-electron chi connectivity index (χ1n) is 13.5. The molecule has 1 saturated heterocycles. The lowest BCUT2D eigenvalue weighted by atomic mass is 10.1. The summed E-state index contributed by atoms with van der Waals surface area (Å²) in [5.41, 5.74) is 10.5. The van der Waals surface area contributed by atoms with E-state index in [0.717, 1.165) is 35.5 Å². The van der Waals surface area contributed by atoms with Crippen LogP contribution in [0.3, 0.4) is 0 Å². The lowest BCUT2D eigenvalue weighted by molar-refractivity contribution is -0.384. The molecule has 1 amide bonds. The fourth-order valence-corrected chi connectivity index (χ4v) is 5.10. The molecule has 0 unspecified atom stereocenters. The molecule has 4 aromatic rings. The van der Waals surface area contributed by atoms with Gasteiger partial charge in [-0.3, -0.25) is 25.7 Å². The van der Waals surface area contributed by atoms with Gasteiger partial charge in [-0.25, -0.2) is 9.99 Å². The van der Waals surface area contributed by atoms with Gasteiger partial charge in [-0.1, -0.05) is 24.3 Å². The number of amidine groups is 1. The Morgan fingerprint density at radius 1 is 1.00 bits per heavy atom. The lowest BCUT2D eigenvalue weighted by Crippen LogP contribution is -2.53. The Morgan fingerprint density at radius 3 is 2.24 bits per heavy atom. The van der Waals surface area contributed by atoms with E-state index in [1.807, 2.05) is 41.9 Å². The molecule has 4 N–H and O–H groups in total. The van der Waals surface area contributed by atoms with E-state index in [9.17, 15) is 28.1 Å². The molecule has 3 aromatic carbocycles. The molecule has 1 aromatic heterocycles. The number of nitro groups is 1. The highest BCUT2D eigenvalue weighted by Gasteiger charge is 2.34. The molecule has 5 rings (SSSR count). The Labute approximate surface area is 268 Å². The molecule has 0 saturated carbocycles. The third-order valence-corrected chi connectivity index (χ3v) is 7.52. The number of imidazole rings is 1. The first-order chi connectivity index (χ1) is 20.4. The zero-order valence-electron chi connectivity index (χ0n) is 24.0. The van der Waals surface area contributed by atoms with Crippen LogP contribution in [-0.4, -0.2) is 57.4 Å². The summed E-state index contributed by atoms with van der Waals surface area (Å²) in [6.45, 7) is 1.17. The summed E-state index contributed by atoms with van der Waals surface area (Å²) in [5.74, 6) is 0.541. The van der Waals surface area contributed by atoms with Crippen molar-refractivity contribution in [3.63, 3.8) is 0 Å². The van der Waals surface area contributed by atoms with Gasteiger partial charge in [0.15, 0.2) is 0 Å². The Kier molecular flexibility index (Phi) is 11.0. The van der Waals surface area contributed by atoms with Crippen LogP contribution in [0.25, 0.3) is 11.0 Å². The van der Waals surface area contributed by atoms with Gasteiger partial charge in [-0.15, -0.1) is 24.8 Å². The standard InChI is InChI=1S/C29H29F3N8O3.2ClH/c1-37-23-9-7-20(16-22(23)35-26(37)11-4-18-2-5-19(6-3-18)27(33)34)28(41)36-39-14-12-38(13-15-39)24-10-8-21(29(30,31)32)17-25(24)40(42)43;;/h2-3,5-10,16-17H,4,11-15H2,1H3,(H3,33,34)(H,36,41);2*1H. The zero-order valence-corrected chi connectivity index (χ0v) is 25.6. The quantitative estimate of drug-likeness (QED) is 0.105. The van der Waals surface area contributed by atoms with Gasteiger partial charge in [0.25, 0.3) is 11.6 Å². The maximum atomic E-state index is 13.1. The summed E-state index contributed by atoms with van der Waals surface area (Å²) in [7, 11) is 1.92. The number of rotatable bonds is 8. The van der Waals surface area contributed by atoms with E-state index in [-0.39, 0.29) is 55.3 Å². The van der Waals surface area contributed by atoms with E-state index in [4.69, 9.17) is 16.1 Å². The summed E-state index contributed by atoms with van der Waals surface area (Å²) in [6, 6.07) is 15.3. The fraction of sp³-hybridized carbons (Fsp3) is 0.276. The monoisotopic (exact) mass is 666 g/mol. The van der Waals surface area contributed by atoms with Crippen LogP contribution in [-0.2, 0) is 26.1 Å². The number of anilines is 1. The predicted molar refractivity (Wildman–Crippen MR) is 169 cm³/mol. The molecule has 0 bridgehead atoms. The number of hydrogen-bond donors (Lipinski definition) is 3. The minimum atomic E-state index is -4.68. The highest BCUT2D eigenvalue weighted by atomic mass is 35.5. The number of aromatic nitrogens is 2. The maximum Gasteiger partial charge on any atom is 0.416 e. The second-order valence-electron chi connectivity index (χ2n) is 10.3. The number of fused-ring (bicyclic) bond motifs is 1. The molecule has 0 spiro atoms. The van der Waals surface area contributed by atoms with Crippen molar-refractivity contribution in [2.45, 2.75) is 19.0 Å². The Morgan fingerprint density at radius 2 is 1.64 bits per heavy atom. The van der Waals surface area contributed by atoms with Crippen molar-refractivity contribution in [1.82, 2.24) is 20.0 Å². The normalized spacial score (nSPS) is 13.6. The highest BCUT2D eigenvalue weighted by molar-refractivity contribution is 5.97. The Hall–Kier alpha value is -4.40. The molecule has 16 heteroatoms. The maximum absolute atomic E-state index is 13.1. The molecule has 1 aliphatic heterocycles. The Bertz CT molecular complexity index is 1710. The summed E-state index contributed by atoms with van der Waals surface area (Å²) in [6.07, 6.45) is -3.27. The third kappa shape index (κ3) is 7.82. The fourth-order valence-electron chi connectivity index (χ4n) is 5.10. The number of nitrogens with zero attached hydrogens (tertiary/aromatic N) is 5. The van der Waals surface area contributed by atoms with E-state index in [2.05, 4.69) is 5.43 Å². The van der Waals surface area contributed by atoms with Crippen LogP contribution in [0, 0.1) is 15.5 Å². The Balaban J connectivity index is 0.00000276. The van der Waals surface area contributed by atoms with Crippen LogP contribution in [0.5, 0.6) is 0 Å². The first-order valence-corrected chi connectivity index (χ1v) is 13.5. The number of alkyl halides is 3. The van der Waals surface area contributed by atoms with Gasteiger partial charge in [0.1, 0.15) is 17.3 Å². The van der Waals surface area contributed by atoms with E-state index < -0.39 is 22.4 Å². The third-order valence-electron chi connectivity index (χ3n) is 7.52. The van der Waals surface area contributed by atoms with Crippen LogP contribution in [0.2, 0.25) is 0 Å². The number of piperazine rings is 1. The van der Waals surface area contributed by atoms with Crippen molar-refractivity contribution < 1.29 is 22.9 Å². The number of nitrogen functional groups attached to an aromatic ring is 1. The number of nitrogens with one attached hydrogen (secondary N) is 2. The largest absolute Gasteiger partial charge is 0.416 e. The molecule has 0 atom stereocenters. The lowest BCUT2D eigenvalue weighted by Gasteiger charge is -2.35. The van der Waals surface area contributed by atoms with E-state index in [0.29, 0.717) is 42.2 Å². The molecule has 2 heterocycles. The molecule has 240 valence electrons. The highest BCUT2D eigenvalue weighted by Crippen LogP contribution is 2.36. The molecule has 11 nitrogen and oxygen atoms in total. The number of carbonyl (C=O) groups is 1. The van der Waals surface area contributed by atoms with Crippen LogP contribution in [0.15, 0.2) is 60.7 Å². The van der Waals surface area contributed by atoms with Gasteiger partial charge in [-0.05, 0) is 42.3 Å². The van der Waals surface area contributed by atoms with Gasteiger partial charge in [-0.2, -0.15) is 13.2 Å². The number of aryl methyl sites for hydroxylation is 3. The van der Waals surface area contributed by atoms with Crippen molar-refractivity contribution in [3.8, 4) is 0 Å². The first kappa shape index (κ1) is 35.1. The summed E-state index contributed by atoms with van der Waals surface area (Å²) >= 11 is 0. The molecule has 45 heavy (non-hydrogen) atoms. The number of hydrazine groups is 1. The summed E-state index contributed by atoms with van der Waals surface area (Å²) in [4.78, 5) is 30.1. The zero-order chi connectivity index (χ0) is 30.9. The molecular formula is C29H31Cl2F3N8O3. The van der Waals surface area contributed by atoms with Crippen molar-refractivity contribution in [1.29, 1.82) is 5.41 Å². The average Bonchev–Trinajstić information content (AvgIpc) is 3.30. The number of halogens is 5. The number of nitrogens with two attached hydrogens (primary N) is 1. The van der Waals surface area contributed by atoms with Gasteiger partial charge >= 0.3 is 6.18 Å².